The van der Waals surface area contributed by atoms with Crippen molar-refractivity contribution in [1.29, 1.82) is 5.26 Å². The zero-order chi connectivity index (χ0) is 17.5. The minimum atomic E-state index is -4.63. The van der Waals surface area contributed by atoms with Gasteiger partial charge in [0.05, 0.1) is 26.4 Å². The van der Waals surface area contributed by atoms with Gasteiger partial charge in [-0.2, -0.15) is 23.5 Å². The zero-order valence-corrected chi connectivity index (χ0v) is 13.6. The standard InChI is InChI=1S/C12H7Cl2F3N4OS/c1-23(22)11-6(4-18)10(19)21(20-11)9-7(13)2-5(3-8(9)14)12(15,16)17/h2-3H,19H2,1H3. The van der Waals surface area contributed by atoms with Crippen LogP contribution >= 0.6 is 23.2 Å². The number of alkyl halides is 3. The summed E-state index contributed by atoms with van der Waals surface area (Å²) >= 11 is 11.7. The van der Waals surface area contributed by atoms with Gasteiger partial charge in [0, 0.05) is 6.26 Å². The molecule has 122 valence electrons. The summed E-state index contributed by atoms with van der Waals surface area (Å²) in [7, 11) is -1.64. The molecule has 2 rings (SSSR count). The maximum atomic E-state index is 12.7. The lowest BCUT2D eigenvalue weighted by Crippen LogP contribution is -2.08. The highest BCUT2D eigenvalue weighted by molar-refractivity contribution is 7.84. The van der Waals surface area contributed by atoms with Gasteiger partial charge in [0.25, 0.3) is 0 Å². The fourth-order valence-corrected chi connectivity index (χ4v) is 3.10. The van der Waals surface area contributed by atoms with Crippen molar-refractivity contribution in [2.75, 3.05) is 12.0 Å². The zero-order valence-electron chi connectivity index (χ0n) is 11.3. The number of halogens is 5. The van der Waals surface area contributed by atoms with Crippen LogP contribution in [0.1, 0.15) is 11.1 Å². The Morgan fingerprint density at radius 1 is 1.35 bits per heavy atom. The predicted octanol–water partition coefficient (Wildman–Crippen LogP) is 3.39. The van der Waals surface area contributed by atoms with Crippen LogP contribution in [0.5, 0.6) is 0 Å². The Kier molecular flexibility index (Phi) is 4.61. The maximum Gasteiger partial charge on any atom is 0.416 e. The first-order valence-corrected chi connectivity index (χ1v) is 8.08. The van der Waals surface area contributed by atoms with E-state index in [1.807, 2.05) is 0 Å². The topological polar surface area (TPSA) is 84.7 Å². The Morgan fingerprint density at radius 3 is 2.22 bits per heavy atom. The van der Waals surface area contributed by atoms with E-state index in [0.29, 0.717) is 12.1 Å². The normalized spacial score (nSPS) is 12.9. The second-order valence-corrected chi connectivity index (χ2v) is 6.44. The lowest BCUT2D eigenvalue weighted by Gasteiger charge is -2.13. The Balaban J connectivity index is 2.74. The van der Waals surface area contributed by atoms with E-state index in [2.05, 4.69) is 5.10 Å². The van der Waals surface area contributed by atoms with Crippen molar-refractivity contribution in [3.05, 3.63) is 33.3 Å². The van der Waals surface area contributed by atoms with Crippen molar-refractivity contribution in [3.63, 3.8) is 0 Å². The van der Waals surface area contributed by atoms with Crippen molar-refractivity contribution >= 4 is 39.8 Å². The fraction of sp³-hybridized carbons (Fsp3) is 0.167. The summed E-state index contributed by atoms with van der Waals surface area (Å²) in [6.07, 6.45) is -3.35. The molecule has 5 nitrogen and oxygen atoms in total. The lowest BCUT2D eigenvalue weighted by atomic mass is 10.2. The van der Waals surface area contributed by atoms with Gasteiger partial charge in [0.15, 0.2) is 5.03 Å². The maximum absolute atomic E-state index is 12.7. The molecule has 1 aromatic carbocycles. The first-order valence-electron chi connectivity index (χ1n) is 5.76. The van der Waals surface area contributed by atoms with Gasteiger partial charge in [-0.15, -0.1) is 0 Å². The molecule has 11 heteroatoms. The first-order chi connectivity index (χ1) is 10.6. The van der Waals surface area contributed by atoms with Crippen molar-refractivity contribution in [3.8, 4) is 11.8 Å². The van der Waals surface area contributed by atoms with Gasteiger partial charge < -0.3 is 5.73 Å². The van der Waals surface area contributed by atoms with Gasteiger partial charge in [-0.3, -0.25) is 4.21 Å². The number of rotatable bonds is 2. The molecule has 2 N–H and O–H groups in total. The van der Waals surface area contributed by atoms with Crippen molar-refractivity contribution in [1.82, 2.24) is 9.78 Å². The highest BCUT2D eigenvalue weighted by atomic mass is 35.5. The van der Waals surface area contributed by atoms with E-state index in [0.717, 1.165) is 4.68 Å². The summed E-state index contributed by atoms with van der Waals surface area (Å²) in [5.41, 5.74) is 4.42. The van der Waals surface area contributed by atoms with E-state index < -0.39 is 22.5 Å². The van der Waals surface area contributed by atoms with Gasteiger partial charge >= 0.3 is 6.18 Å². The Bertz CT molecular complexity index is 834. The molecule has 0 spiro atoms. The average Bonchev–Trinajstić information content (AvgIpc) is 2.74. The molecule has 23 heavy (non-hydrogen) atoms. The summed E-state index contributed by atoms with van der Waals surface area (Å²) in [6, 6.07) is 3.07. The lowest BCUT2D eigenvalue weighted by molar-refractivity contribution is -0.137. The first kappa shape index (κ1) is 17.6. The third kappa shape index (κ3) is 3.15. The second kappa shape index (κ2) is 6.03. The molecule has 1 unspecified atom stereocenters. The summed E-state index contributed by atoms with van der Waals surface area (Å²) in [6.45, 7) is 0. The van der Waals surface area contributed by atoms with Crippen LogP contribution in [0.3, 0.4) is 0 Å². The molecule has 0 amide bonds. The van der Waals surface area contributed by atoms with Crippen LogP contribution in [0.2, 0.25) is 10.0 Å². The SMILES string of the molecule is CS(=O)c1nn(-c2c(Cl)cc(C(F)(F)F)cc2Cl)c(N)c1C#N. The van der Waals surface area contributed by atoms with Crippen LogP contribution in [0.25, 0.3) is 5.69 Å². The number of nitrogens with zero attached hydrogens (tertiary/aromatic N) is 3. The summed E-state index contributed by atoms with van der Waals surface area (Å²) < 4.78 is 50.7. The van der Waals surface area contributed by atoms with E-state index >= 15 is 0 Å². The summed E-state index contributed by atoms with van der Waals surface area (Å²) in [5.74, 6) is -0.221. The molecule has 0 saturated carbocycles. The van der Waals surface area contributed by atoms with Gasteiger partial charge in [0.1, 0.15) is 23.1 Å². The molecule has 0 fully saturated rings. The number of anilines is 1. The van der Waals surface area contributed by atoms with Crippen LogP contribution in [0, 0.1) is 11.3 Å². The third-order valence-electron chi connectivity index (χ3n) is 2.83. The van der Waals surface area contributed by atoms with Gasteiger partial charge in [0.2, 0.25) is 0 Å². The molecule has 0 aliphatic rings. The number of nitrogens with two attached hydrogens (primary N) is 1. The highest BCUT2D eigenvalue weighted by Gasteiger charge is 2.33. The summed E-state index contributed by atoms with van der Waals surface area (Å²) in [5, 5.41) is 12.1. The number of hydrogen-bond donors (Lipinski definition) is 1. The Labute approximate surface area is 140 Å². The van der Waals surface area contributed by atoms with Crippen LogP contribution in [0.4, 0.5) is 19.0 Å². The van der Waals surface area contributed by atoms with Crippen LogP contribution in [-0.2, 0) is 17.0 Å². The van der Waals surface area contributed by atoms with E-state index in [1.165, 1.54) is 6.26 Å². The number of nitrogen functional groups attached to an aromatic ring is 1. The molecule has 1 atom stereocenters. The summed E-state index contributed by atoms with van der Waals surface area (Å²) in [4.78, 5) is 0. The largest absolute Gasteiger partial charge is 0.416 e. The Hall–Kier alpha value is -1.76. The number of nitriles is 1. The van der Waals surface area contributed by atoms with Crippen molar-refractivity contribution in [2.24, 2.45) is 0 Å². The van der Waals surface area contributed by atoms with E-state index in [4.69, 9.17) is 34.2 Å². The third-order valence-corrected chi connectivity index (χ3v) is 4.24. The quantitative estimate of drug-likeness (QED) is 0.862. The number of benzene rings is 1. The van der Waals surface area contributed by atoms with Crippen molar-refractivity contribution in [2.45, 2.75) is 11.2 Å². The molecule has 0 aliphatic heterocycles. The predicted molar refractivity (Wildman–Crippen MR) is 80.0 cm³/mol. The average molecular weight is 383 g/mol. The molecular formula is C12H7Cl2F3N4OS. The molecule has 0 radical (unpaired) electrons. The van der Waals surface area contributed by atoms with Crippen LogP contribution in [0.15, 0.2) is 17.2 Å². The van der Waals surface area contributed by atoms with E-state index in [-0.39, 0.29) is 32.1 Å². The van der Waals surface area contributed by atoms with Gasteiger partial charge in [-0.1, -0.05) is 23.2 Å². The minimum absolute atomic E-state index is 0.114. The van der Waals surface area contributed by atoms with Crippen LogP contribution in [-0.4, -0.2) is 20.2 Å². The van der Waals surface area contributed by atoms with Crippen LogP contribution < -0.4 is 5.73 Å². The van der Waals surface area contributed by atoms with E-state index in [1.54, 1.807) is 6.07 Å². The number of aromatic nitrogens is 2. The second-order valence-electron chi connectivity index (χ2n) is 4.33. The molecule has 1 heterocycles. The van der Waals surface area contributed by atoms with E-state index in [9.17, 15) is 17.4 Å². The monoisotopic (exact) mass is 382 g/mol. The Morgan fingerprint density at radius 2 is 1.87 bits per heavy atom. The molecule has 1 aromatic heterocycles. The van der Waals surface area contributed by atoms with Crippen molar-refractivity contribution < 1.29 is 17.4 Å². The van der Waals surface area contributed by atoms with Gasteiger partial charge in [-0.05, 0) is 12.1 Å². The number of hydrogen-bond acceptors (Lipinski definition) is 4. The smallest absolute Gasteiger partial charge is 0.382 e. The molecular weight excluding hydrogens is 376 g/mol. The minimum Gasteiger partial charge on any atom is -0.382 e. The highest BCUT2D eigenvalue weighted by Crippen LogP contribution is 2.38. The molecule has 0 bridgehead atoms. The molecule has 0 aliphatic carbocycles. The molecule has 0 saturated heterocycles. The molecule has 2 aromatic rings. The van der Waals surface area contributed by atoms with Gasteiger partial charge in [-0.25, -0.2) is 4.68 Å². The fourth-order valence-electron chi connectivity index (χ4n) is 1.82.